The van der Waals surface area contributed by atoms with Gasteiger partial charge in [-0.25, -0.2) is 23.0 Å². The van der Waals surface area contributed by atoms with E-state index in [1.54, 1.807) is 64.2 Å². The fourth-order valence-electron chi connectivity index (χ4n) is 7.77. The standard InChI is InChI=1S/C46H66N4O7S3/c1-29(2)27-49(60(54,55)34-17-18-36-39(25-34)59-42(47)48-36)23-21-33(50(46(10,11)53)43(52)57-44(5,6)7)24-32-14-12-31(13-15-32)16-19-38-40(41(51)56-28-30(3)4)35-26-45(8,9)22-20-37(35)58-38/h12-15,17-18,25,29-30,33,53H,16,19-24,26-28H2,1-11H3,(H2,47,48)/t33-/m1/s1. The van der Waals surface area contributed by atoms with Gasteiger partial charge in [-0.05, 0) is 132 Å². The van der Waals surface area contributed by atoms with Crippen molar-refractivity contribution >= 4 is 60.1 Å². The van der Waals surface area contributed by atoms with Crippen LogP contribution in [0.4, 0.5) is 9.93 Å². The molecule has 4 aromatic rings. The maximum Gasteiger partial charge on any atom is 0.412 e. The molecule has 1 aliphatic carbocycles. The fourth-order valence-corrected chi connectivity index (χ4v) is 11.6. The molecule has 5 rings (SSSR count). The third-order valence-electron chi connectivity index (χ3n) is 10.6. The average molecular weight is 883 g/mol. The van der Waals surface area contributed by atoms with Crippen molar-refractivity contribution in [1.29, 1.82) is 0 Å². The summed E-state index contributed by atoms with van der Waals surface area (Å²) in [5.41, 5.74) is 8.16. The van der Waals surface area contributed by atoms with Crippen LogP contribution in [0.15, 0.2) is 47.4 Å². The zero-order chi connectivity index (χ0) is 44.4. The van der Waals surface area contributed by atoms with E-state index in [0.29, 0.717) is 34.8 Å². The fraction of sp³-hybridized carbons (Fsp3) is 0.587. The Morgan fingerprint density at radius 3 is 2.25 bits per heavy atom. The third kappa shape index (κ3) is 12.3. The molecule has 0 saturated carbocycles. The molecule has 60 heavy (non-hydrogen) atoms. The number of benzene rings is 2. The van der Waals surface area contributed by atoms with Crippen molar-refractivity contribution in [3.05, 3.63) is 74.5 Å². The number of hydrogen-bond acceptors (Lipinski definition) is 11. The van der Waals surface area contributed by atoms with Crippen LogP contribution < -0.4 is 5.73 Å². The van der Waals surface area contributed by atoms with E-state index in [4.69, 9.17) is 15.2 Å². The van der Waals surface area contributed by atoms with Crippen LogP contribution in [0.5, 0.6) is 0 Å². The van der Waals surface area contributed by atoms with Gasteiger partial charge in [0.15, 0.2) is 5.13 Å². The lowest BCUT2D eigenvalue weighted by molar-refractivity contribution is -0.102. The van der Waals surface area contributed by atoms with E-state index in [-0.39, 0.29) is 47.6 Å². The number of hydrogen-bond donors (Lipinski definition) is 2. The molecule has 1 amide bonds. The van der Waals surface area contributed by atoms with Crippen LogP contribution in [0.3, 0.4) is 0 Å². The molecule has 3 N–H and O–H groups in total. The Labute approximate surface area is 365 Å². The zero-order valence-corrected chi connectivity index (χ0v) is 39.8. The summed E-state index contributed by atoms with van der Waals surface area (Å²) in [6.07, 6.45) is 4.24. The van der Waals surface area contributed by atoms with Gasteiger partial charge < -0.3 is 20.3 Å². The second-order valence-electron chi connectivity index (χ2n) is 19.4. The number of sulfonamides is 1. The van der Waals surface area contributed by atoms with Crippen molar-refractivity contribution in [1.82, 2.24) is 14.2 Å². The minimum absolute atomic E-state index is 0.0121. The number of amides is 1. The molecule has 0 aliphatic heterocycles. The van der Waals surface area contributed by atoms with E-state index < -0.39 is 33.5 Å². The number of carbonyl (C=O) groups excluding carboxylic acids is 2. The Bertz CT molecular complexity index is 2230. The van der Waals surface area contributed by atoms with Gasteiger partial charge in [-0.2, -0.15) is 4.31 Å². The van der Waals surface area contributed by atoms with Gasteiger partial charge in [-0.1, -0.05) is 77.1 Å². The predicted octanol–water partition coefficient (Wildman–Crippen LogP) is 9.67. The number of carbonyl (C=O) groups is 2. The maximum atomic E-state index is 14.3. The maximum absolute atomic E-state index is 14.3. The summed E-state index contributed by atoms with van der Waals surface area (Å²) in [4.78, 5) is 35.6. The quantitative estimate of drug-likeness (QED) is 0.0780. The largest absolute Gasteiger partial charge is 0.462 e. The molecular weight excluding hydrogens is 817 g/mol. The lowest BCUT2D eigenvalue weighted by Gasteiger charge is -2.41. The van der Waals surface area contributed by atoms with Gasteiger partial charge in [-0.15, -0.1) is 11.3 Å². The minimum atomic E-state index is -3.97. The van der Waals surface area contributed by atoms with Crippen molar-refractivity contribution < 1.29 is 32.6 Å². The number of esters is 1. The van der Waals surface area contributed by atoms with Crippen LogP contribution in [0.25, 0.3) is 10.2 Å². The predicted molar refractivity (Wildman–Crippen MR) is 243 cm³/mol. The van der Waals surface area contributed by atoms with Crippen LogP contribution in [0, 0.1) is 17.3 Å². The number of rotatable bonds is 17. The lowest BCUT2D eigenvalue weighted by atomic mass is 9.76. The normalized spacial score (nSPS) is 15.1. The van der Waals surface area contributed by atoms with Crippen LogP contribution >= 0.6 is 22.7 Å². The van der Waals surface area contributed by atoms with Crippen LogP contribution in [0.2, 0.25) is 0 Å². The van der Waals surface area contributed by atoms with E-state index in [2.05, 4.69) is 31.0 Å². The first kappa shape index (κ1) is 47.5. The molecule has 0 spiro atoms. The number of nitrogens with zero attached hydrogens (tertiary/aromatic N) is 3. The number of fused-ring (bicyclic) bond motifs is 2. The second kappa shape index (κ2) is 18.8. The highest BCUT2D eigenvalue weighted by Gasteiger charge is 2.39. The molecule has 1 aliphatic rings. The highest BCUT2D eigenvalue weighted by molar-refractivity contribution is 7.89. The van der Waals surface area contributed by atoms with Gasteiger partial charge in [0.1, 0.15) is 11.3 Å². The zero-order valence-electron chi connectivity index (χ0n) is 37.4. The number of nitrogens with two attached hydrogens (primary N) is 1. The number of thiophene rings is 1. The molecule has 0 fully saturated rings. The number of thiazole rings is 1. The Balaban J connectivity index is 1.41. The number of anilines is 1. The Hall–Kier alpha value is -3.56. The first-order valence-electron chi connectivity index (χ1n) is 21.1. The van der Waals surface area contributed by atoms with Crippen LogP contribution in [-0.4, -0.2) is 76.8 Å². The van der Waals surface area contributed by atoms with Crippen molar-refractivity contribution in [3.63, 3.8) is 0 Å². The molecule has 2 heterocycles. The average Bonchev–Trinajstić information content (AvgIpc) is 3.68. The summed E-state index contributed by atoms with van der Waals surface area (Å²) in [5, 5.41) is 11.9. The van der Waals surface area contributed by atoms with Gasteiger partial charge >= 0.3 is 12.1 Å². The highest BCUT2D eigenvalue weighted by atomic mass is 32.2. The monoisotopic (exact) mass is 882 g/mol. The van der Waals surface area contributed by atoms with Gasteiger partial charge in [0.05, 0.1) is 27.3 Å². The van der Waals surface area contributed by atoms with Gasteiger partial charge in [-0.3, -0.25) is 4.90 Å². The molecule has 0 unspecified atom stereocenters. The molecule has 0 bridgehead atoms. The van der Waals surface area contributed by atoms with E-state index in [0.717, 1.165) is 52.8 Å². The summed E-state index contributed by atoms with van der Waals surface area (Å²) in [6, 6.07) is 12.4. The third-order valence-corrected chi connectivity index (χ3v) is 14.6. The van der Waals surface area contributed by atoms with Crippen molar-refractivity contribution in [2.24, 2.45) is 17.3 Å². The first-order chi connectivity index (χ1) is 27.8. The molecule has 330 valence electrons. The Morgan fingerprint density at radius 1 is 0.967 bits per heavy atom. The molecule has 1 atom stereocenters. The molecular formula is C46H66N4O7S3. The summed E-state index contributed by atoms with van der Waals surface area (Å²) >= 11 is 2.99. The summed E-state index contributed by atoms with van der Waals surface area (Å²) in [5.74, 6) is 0.0410. The molecule has 11 nitrogen and oxygen atoms in total. The Kier molecular flexibility index (Phi) is 14.9. The van der Waals surface area contributed by atoms with Gasteiger partial charge in [0, 0.05) is 28.9 Å². The Morgan fingerprint density at radius 2 is 1.63 bits per heavy atom. The number of aliphatic hydroxyl groups is 1. The summed E-state index contributed by atoms with van der Waals surface area (Å²) in [6.45, 7) is 21.7. The number of nitrogen functional groups attached to an aromatic ring is 1. The van der Waals surface area contributed by atoms with Crippen LogP contribution in [0.1, 0.15) is 126 Å². The molecule has 14 heteroatoms. The number of aryl methyl sites for hydroxylation is 3. The van der Waals surface area contributed by atoms with E-state index in [1.165, 1.54) is 25.4 Å². The summed E-state index contributed by atoms with van der Waals surface area (Å²) in [7, 11) is -3.97. The van der Waals surface area contributed by atoms with E-state index in [9.17, 15) is 23.1 Å². The number of aromatic nitrogens is 1. The minimum Gasteiger partial charge on any atom is -0.462 e. The first-order valence-corrected chi connectivity index (χ1v) is 24.2. The van der Waals surface area contributed by atoms with E-state index >= 15 is 0 Å². The van der Waals surface area contributed by atoms with Gasteiger partial charge in [0.25, 0.3) is 0 Å². The SMILES string of the molecule is CC(C)COC(=O)c1c(CCc2ccc(C[C@@H](CCN(CC(C)C)S(=O)(=O)c3ccc4nc(N)sc4c3)N(C(=O)OC(C)(C)C)C(C)(C)O)cc2)sc2c1CC(C)(C)CC2. The van der Waals surface area contributed by atoms with Crippen molar-refractivity contribution in [2.45, 2.75) is 143 Å². The molecule has 2 aromatic carbocycles. The molecule has 0 saturated heterocycles. The van der Waals surface area contributed by atoms with E-state index in [1.807, 2.05) is 39.8 Å². The van der Waals surface area contributed by atoms with Crippen LogP contribution in [-0.2, 0) is 51.6 Å². The highest BCUT2D eigenvalue weighted by Crippen LogP contribution is 2.42. The van der Waals surface area contributed by atoms with Gasteiger partial charge in [0.2, 0.25) is 10.0 Å². The van der Waals surface area contributed by atoms with Crippen molar-refractivity contribution in [2.75, 3.05) is 25.4 Å². The summed E-state index contributed by atoms with van der Waals surface area (Å²) < 4.78 is 42.3. The smallest absolute Gasteiger partial charge is 0.412 e. The number of ether oxygens (including phenoxy) is 2. The molecule has 2 aromatic heterocycles. The lowest BCUT2D eigenvalue weighted by Crippen LogP contribution is -2.56. The second-order valence-corrected chi connectivity index (χ2v) is 23.6. The molecule has 0 radical (unpaired) electrons. The van der Waals surface area contributed by atoms with Crippen molar-refractivity contribution in [3.8, 4) is 0 Å². The topological polar surface area (TPSA) is 152 Å².